The molecule has 0 radical (unpaired) electrons. The van der Waals surface area contributed by atoms with Gasteiger partial charge in [0.25, 0.3) is 0 Å². The number of benzene rings is 2. The van der Waals surface area contributed by atoms with Crippen LogP contribution < -0.4 is 5.69 Å². The molecule has 5 heteroatoms. The van der Waals surface area contributed by atoms with Crippen LogP contribution in [0.5, 0.6) is 0 Å². The molecule has 0 unspecified atom stereocenters. The molecule has 5 nitrogen and oxygen atoms in total. The van der Waals surface area contributed by atoms with Crippen LogP contribution in [0.3, 0.4) is 0 Å². The lowest BCUT2D eigenvalue weighted by atomic mass is 9.99. The first-order valence-corrected chi connectivity index (χ1v) is 9.93. The van der Waals surface area contributed by atoms with E-state index in [-0.39, 0.29) is 11.3 Å². The zero-order chi connectivity index (χ0) is 20.8. The summed E-state index contributed by atoms with van der Waals surface area (Å²) >= 11 is 0. The van der Waals surface area contributed by atoms with Crippen molar-refractivity contribution in [1.82, 2.24) is 9.13 Å². The number of nitrogens with zero attached hydrogens (tertiary/aromatic N) is 2. The SMILES string of the molecule is CCC=Cc1cn(CCC)c(=O)n1Cc1ccc(-c2ccccc2C(=O)O)cc1. The largest absolute Gasteiger partial charge is 0.478 e. The van der Waals surface area contributed by atoms with E-state index < -0.39 is 5.97 Å². The molecule has 0 aliphatic heterocycles. The van der Waals surface area contributed by atoms with E-state index in [4.69, 9.17) is 0 Å². The first kappa shape index (κ1) is 20.4. The van der Waals surface area contributed by atoms with E-state index in [1.807, 2.05) is 54.7 Å². The predicted octanol–water partition coefficient (Wildman–Crippen LogP) is 4.90. The van der Waals surface area contributed by atoms with E-state index in [2.05, 4.69) is 13.8 Å². The molecule has 0 aliphatic rings. The van der Waals surface area contributed by atoms with Gasteiger partial charge in [0.15, 0.2) is 0 Å². The minimum absolute atomic E-state index is 0.0112. The summed E-state index contributed by atoms with van der Waals surface area (Å²) in [5.74, 6) is -0.944. The Hall–Kier alpha value is -3.34. The molecule has 0 spiro atoms. The van der Waals surface area contributed by atoms with Crippen molar-refractivity contribution >= 4 is 12.0 Å². The highest BCUT2D eigenvalue weighted by atomic mass is 16.4. The van der Waals surface area contributed by atoms with Crippen molar-refractivity contribution in [3.05, 3.63) is 88.1 Å². The number of aromatic nitrogens is 2. The van der Waals surface area contributed by atoms with Crippen LogP contribution in [0.25, 0.3) is 17.2 Å². The van der Waals surface area contributed by atoms with Crippen LogP contribution in [0.15, 0.2) is 65.6 Å². The van der Waals surface area contributed by atoms with Gasteiger partial charge in [0.05, 0.1) is 17.8 Å². The summed E-state index contributed by atoms with van der Waals surface area (Å²) in [6.07, 6.45) is 7.76. The molecule has 29 heavy (non-hydrogen) atoms. The third-order valence-corrected chi connectivity index (χ3v) is 4.83. The number of hydrogen-bond acceptors (Lipinski definition) is 2. The first-order valence-electron chi connectivity index (χ1n) is 9.93. The number of aryl methyl sites for hydroxylation is 1. The maximum absolute atomic E-state index is 12.8. The molecule has 150 valence electrons. The summed E-state index contributed by atoms with van der Waals surface area (Å²) < 4.78 is 3.54. The van der Waals surface area contributed by atoms with Crippen molar-refractivity contribution in [2.45, 2.75) is 39.8 Å². The second kappa shape index (κ2) is 9.24. The van der Waals surface area contributed by atoms with Crippen molar-refractivity contribution in [3.63, 3.8) is 0 Å². The third-order valence-electron chi connectivity index (χ3n) is 4.83. The molecule has 0 bridgehead atoms. The Morgan fingerprint density at radius 3 is 2.45 bits per heavy atom. The quantitative estimate of drug-likeness (QED) is 0.595. The number of imidazole rings is 1. The van der Waals surface area contributed by atoms with Crippen molar-refractivity contribution in [2.24, 2.45) is 0 Å². The van der Waals surface area contributed by atoms with E-state index in [1.54, 1.807) is 21.3 Å². The molecule has 0 aliphatic carbocycles. The van der Waals surface area contributed by atoms with Gasteiger partial charge in [0.1, 0.15) is 0 Å². The first-order chi connectivity index (χ1) is 14.0. The molecule has 3 rings (SSSR count). The molecule has 1 N–H and O–H groups in total. The van der Waals surface area contributed by atoms with E-state index >= 15 is 0 Å². The number of allylic oxidation sites excluding steroid dienone is 1. The van der Waals surface area contributed by atoms with Gasteiger partial charge in [-0.2, -0.15) is 0 Å². The second-order valence-electron chi connectivity index (χ2n) is 6.97. The van der Waals surface area contributed by atoms with E-state index in [1.165, 1.54) is 0 Å². The van der Waals surface area contributed by atoms with Gasteiger partial charge in [-0.15, -0.1) is 0 Å². The molecule has 2 aromatic carbocycles. The monoisotopic (exact) mass is 390 g/mol. The van der Waals surface area contributed by atoms with Gasteiger partial charge >= 0.3 is 11.7 Å². The molecule has 1 aromatic heterocycles. The average Bonchev–Trinajstić information content (AvgIpc) is 3.02. The molecule has 0 amide bonds. The van der Waals surface area contributed by atoms with E-state index in [0.717, 1.165) is 29.7 Å². The summed E-state index contributed by atoms with van der Waals surface area (Å²) in [4.78, 5) is 24.3. The van der Waals surface area contributed by atoms with Crippen molar-refractivity contribution in [3.8, 4) is 11.1 Å². The molecule has 0 saturated carbocycles. The number of carboxylic acid groups (broad SMARTS) is 1. The van der Waals surface area contributed by atoms with E-state index in [9.17, 15) is 14.7 Å². The number of aromatic carboxylic acids is 1. The fourth-order valence-corrected chi connectivity index (χ4v) is 3.38. The van der Waals surface area contributed by atoms with Crippen molar-refractivity contribution in [2.75, 3.05) is 0 Å². The standard InChI is InChI=1S/C24H26N2O3/c1-3-5-8-20-17-25(15-4-2)24(29)26(20)16-18-11-13-19(14-12-18)21-9-6-7-10-22(21)23(27)28/h5-14,17H,3-4,15-16H2,1-2H3,(H,27,28). The highest BCUT2D eigenvalue weighted by Crippen LogP contribution is 2.24. The Bertz CT molecular complexity index is 1070. The summed E-state index contributed by atoms with van der Waals surface area (Å²) in [5.41, 5.74) is 3.68. The van der Waals surface area contributed by atoms with Gasteiger partial charge in [0, 0.05) is 12.7 Å². The summed E-state index contributed by atoms with van der Waals surface area (Å²) in [5, 5.41) is 9.41. The maximum atomic E-state index is 12.8. The highest BCUT2D eigenvalue weighted by Gasteiger charge is 2.12. The Kier molecular flexibility index (Phi) is 6.50. The van der Waals surface area contributed by atoms with Crippen LogP contribution in [0, 0.1) is 0 Å². The summed E-state index contributed by atoms with van der Waals surface area (Å²) in [6.45, 7) is 5.29. The molecule has 3 aromatic rings. The van der Waals surface area contributed by atoms with Crippen molar-refractivity contribution in [1.29, 1.82) is 0 Å². The molecule has 0 atom stereocenters. The highest BCUT2D eigenvalue weighted by molar-refractivity contribution is 5.95. The van der Waals surface area contributed by atoms with Gasteiger partial charge in [-0.1, -0.05) is 62.4 Å². The topological polar surface area (TPSA) is 64.2 Å². The van der Waals surface area contributed by atoms with Crippen molar-refractivity contribution < 1.29 is 9.90 Å². The lowest BCUT2D eigenvalue weighted by Crippen LogP contribution is -2.25. The van der Waals surface area contributed by atoms with Crippen LogP contribution in [-0.2, 0) is 13.1 Å². The molecular formula is C24H26N2O3. The Balaban J connectivity index is 1.92. The van der Waals surface area contributed by atoms with Gasteiger partial charge < -0.3 is 5.11 Å². The minimum atomic E-state index is -0.944. The average molecular weight is 390 g/mol. The van der Waals surface area contributed by atoms with Gasteiger partial charge in [-0.3, -0.25) is 9.13 Å². The molecule has 1 heterocycles. The number of rotatable bonds is 8. The summed E-state index contributed by atoms with van der Waals surface area (Å²) in [7, 11) is 0. The molecular weight excluding hydrogens is 364 g/mol. The predicted molar refractivity (Wildman–Crippen MR) is 116 cm³/mol. The number of carboxylic acids is 1. The zero-order valence-corrected chi connectivity index (χ0v) is 16.8. The van der Waals surface area contributed by atoms with E-state index in [0.29, 0.717) is 18.7 Å². The van der Waals surface area contributed by atoms with Crippen LogP contribution in [0.2, 0.25) is 0 Å². The smallest absolute Gasteiger partial charge is 0.336 e. The molecule has 0 saturated heterocycles. The van der Waals surface area contributed by atoms with Gasteiger partial charge in [-0.25, -0.2) is 9.59 Å². The fraction of sp³-hybridized carbons (Fsp3) is 0.250. The Morgan fingerprint density at radius 1 is 1.07 bits per heavy atom. The number of carbonyl (C=O) groups is 1. The van der Waals surface area contributed by atoms with Crippen LogP contribution in [0.4, 0.5) is 0 Å². The lowest BCUT2D eigenvalue weighted by Gasteiger charge is -2.09. The maximum Gasteiger partial charge on any atom is 0.336 e. The number of hydrogen-bond donors (Lipinski definition) is 1. The Labute approximate surface area is 170 Å². The zero-order valence-electron chi connectivity index (χ0n) is 16.8. The Morgan fingerprint density at radius 2 is 1.79 bits per heavy atom. The fourth-order valence-electron chi connectivity index (χ4n) is 3.38. The lowest BCUT2D eigenvalue weighted by molar-refractivity contribution is 0.0697. The third kappa shape index (κ3) is 4.57. The minimum Gasteiger partial charge on any atom is -0.478 e. The summed E-state index contributed by atoms with van der Waals surface area (Å²) in [6, 6.07) is 14.7. The van der Waals surface area contributed by atoms with Crippen LogP contribution in [0.1, 0.15) is 48.3 Å². The second-order valence-corrected chi connectivity index (χ2v) is 6.97. The van der Waals surface area contributed by atoms with Crippen LogP contribution in [-0.4, -0.2) is 20.2 Å². The van der Waals surface area contributed by atoms with Gasteiger partial charge in [0.2, 0.25) is 0 Å². The van der Waals surface area contributed by atoms with Crippen LogP contribution >= 0.6 is 0 Å². The van der Waals surface area contributed by atoms with Gasteiger partial charge in [-0.05, 0) is 41.7 Å². The normalized spacial score (nSPS) is 11.2. The molecule has 0 fully saturated rings.